The van der Waals surface area contributed by atoms with Gasteiger partial charge in [0.05, 0.1) is 42.9 Å². The Balaban J connectivity index is 1.60. The average molecular weight is 617 g/mol. The molecule has 3 N–H and O–H groups in total. The molecule has 0 radical (unpaired) electrons. The van der Waals surface area contributed by atoms with Crippen molar-refractivity contribution in [2.24, 2.45) is 17.3 Å². The van der Waals surface area contributed by atoms with Gasteiger partial charge in [0.2, 0.25) is 0 Å². The second kappa shape index (κ2) is 13.7. The Kier molecular flexibility index (Phi) is 10.6. The fourth-order valence-electron chi connectivity index (χ4n) is 6.61. The standard InChI is InChI=1S/C32H48N4O6S/c1-20-9-7-10-32(6)25(36(32)13-14-37)16-24(21(2)15-23-19-43-27(34-23)18-35-12-8-11-33-35)42-28(39)17-26(38)31(4,5)30(41)22(3)29(20)40/h8,11-12,15,19-20,22,24-26,29,37-38,40H,7,9-10,13-14,16-18H2,1-6H3/b21-15+/t20-,22+,24-,25-,26-,29-,32+,36?/m0/s1. The molecule has 2 saturated heterocycles. The first-order chi connectivity index (χ1) is 20.3. The second-order valence-electron chi connectivity index (χ2n) is 13.2. The summed E-state index contributed by atoms with van der Waals surface area (Å²) >= 11 is 1.54. The van der Waals surface area contributed by atoms with E-state index < -0.39 is 35.6 Å². The quantitative estimate of drug-likeness (QED) is 0.328. The van der Waals surface area contributed by atoms with Crippen LogP contribution in [0.2, 0.25) is 0 Å². The number of hydrogen-bond acceptors (Lipinski definition) is 10. The van der Waals surface area contributed by atoms with Crippen LogP contribution in [0, 0.1) is 17.3 Å². The van der Waals surface area contributed by atoms with Gasteiger partial charge in [-0.2, -0.15) is 5.10 Å². The molecule has 43 heavy (non-hydrogen) atoms. The van der Waals surface area contributed by atoms with Crippen molar-refractivity contribution in [2.75, 3.05) is 13.2 Å². The first-order valence-corrected chi connectivity index (χ1v) is 16.2. The molecule has 2 aliphatic rings. The fourth-order valence-corrected chi connectivity index (χ4v) is 7.36. The maximum atomic E-state index is 13.4. The molecule has 2 aliphatic heterocycles. The zero-order valence-electron chi connectivity index (χ0n) is 26.3. The highest BCUT2D eigenvalue weighted by Crippen LogP contribution is 2.48. The molecule has 2 aromatic rings. The minimum Gasteiger partial charge on any atom is -0.458 e. The van der Waals surface area contributed by atoms with E-state index in [1.54, 1.807) is 27.0 Å². The van der Waals surface area contributed by atoms with Crippen LogP contribution in [-0.2, 0) is 20.9 Å². The number of aromatic nitrogens is 3. The second-order valence-corrected chi connectivity index (χ2v) is 14.2. The number of carbonyl (C=O) groups excluding carboxylic acids is 2. The van der Waals surface area contributed by atoms with Gasteiger partial charge in [0.25, 0.3) is 0 Å². The van der Waals surface area contributed by atoms with Crippen LogP contribution in [0.3, 0.4) is 0 Å². The lowest BCUT2D eigenvalue weighted by Crippen LogP contribution is -2.45. The van der Waals surface area contributed by atoms with Gasteiger partial charge in [-0.05, 0) is 50.3 Å². The molecule has 0 spiro atoms. The third-order valence-electron chi connectivity index (χ3n) is 9.72. The maximum Gasteiger partial charge on any atom is 0.309 e. The summed E-state index contributed by atoms with van der Waals surface area (Å²) in [6.45, 7) is 12.1. The molecule has 8 atom stereocenters. The number of thiazole rings is 1. The molecule has 4 heterocycles. The summed E-state index contributed by atoms with van der Waals surface area (Å²) in [5.74, 6) is -1.66. The Morgan fingerprint density at radius 3 is 2.65 bits per heavy atom. The van der Waals surface area contributed by atoms with E-state index in [2.05, 4.69) is 16.9 Å². The van der Waals surface area contributed by atoms with Gasteiger partial charge in [0.1, 0.15) is 16.9 Å². The van der Waals surface area contributed by atoms with Gasteiger partial charge in [-0.3, -0.25) is 19.2 Å². The summed E-state index contributed by atoms with van der Waals surface area (Å²) in [5.41, 5.74) is 0.177. The molecule has 2 fully saturated rings. The van der Waals surface area contributed by atoms with Crippen molar-refractivity contribution in [3.8, 4) is 0 Å². The van der Waals surface area contributed by atoms with Crippen LogP contribution in [0.25, 0.3) is 6.08 Å². The molecule has 1 unspecified atom stereocenters. The average Bonchev–Trinajstić information content (AvgIpc) is 3.38. The van der Waals surface area contributed by atoms with Gasteiger partial charge >= 0.3 is 5.97 Å². The molecular formula is C32H48N4O6S. The van der Waals surface area contributed by atoms with Crippen molar-refractivity contribution in [3.05, 3.63) is 40.1 Å². The van der Waals surface area contributed by atoms with Crippen molar-refractivity contribution in [2.45, 2.75) is 110 Å². The third-order valence-corrected chi connectivity index (χ3v) is 10.6. The van der Waals surface area contributed by atoms with Gasteiger partial charge in [-0.25, -0.2) is 4.98 Å². The molecule has 4 rings (SSSR count). The Morgan fingerprint density at radius 2 is 1.98 bits per heavy atom. The van der Waals surface area contributed by atoms with Crippen LogP contribution < -0.4 is 0 Å². The van der Waals surface area contributed by atoms with E-state index >= 15 is 0 Å². The molecular weight excluding hydrogens is 568 g/mol. The molecule has 0 aliphatic carbocycles. The largest absolute Gasteiger partial charge is 0.458 e. The molecule has 0 bridgehead atoms. The Morgan fingerprint density at radius 1 is 1.23 bits per heavy atom. The number of esters is 1. The first-order valence-electron chi connectivity index (χ1n) is 15.4. The molecule has 238 valence electrons. The van der Waals surface area contributed by atoms with Crippen LogP contribution in [0.5, 0.6) is 0 Å². The number of rotatable bonds is 6. The number of cyclic esters (lactones) is 1. The van der Waals surface area contributed by atoms with Crippen molar-refractivity contribution in [3.63, 3.8) is 0 Å². The van der Waals surface area contributed by atoms with Crippen LogP contribution in [0.15, 0.2) is 29.4 Å². The van der Waals surface area contributed by atoms with E-state index in [0.717, 1.165) is 35.5 Å². The van der Waals surface area contributed by atoms with E-state index in [1.165, 1.54) is 11.3 Å². The number of fused-ring (bicyclic) bond motifs is 1. The van der Waals surface area contributed by atoms with Gasteiger partial charge < -0.3 is 20.1 Å². The van der Waals surface area contributed by atoms with Crippen LogP contribution in [0.4, 0.5) is 0 Å². The van der Waals surface area contributed by atoms with Crippen molar-refractivity contribution in [1.29, 1.82) is 0 Å². The number of Topliss-reactive ketones (excluding diaryl/α,β-unsaturated/α-hetero) is 1. The van der Waals surface area contributed by atoms with Gasteiger partial charge in [-0.15, -0.1) is 11.3 Å². The molecule has 0 amide bonds. The zero-order chi connectivity index (χ0) is 31.5. The number of hydrogen-bond donors (Lipinski definition) is 3. The number of β-amino-alcohol motifs (C(OH)–C–C–N with tert-alkyl or cyclic N) is 1. The highest BCUT2D eigenvalue weighted by atomic mass is 32.1. The summed E-state index contributed by atoms with van der Waals surface area (Å²) in [5, 5.41) is 39.0. The monoisotopic (exact) mass is 616 g/mol. The lowest BCUT2D eigenvalue weighted by Gasteiger charge is -2.34. The normalized spacial score (nSPS) is 34.4. The Labute approximate surface area is 258 Å². The Hall–Kier alpha value is -2.44. The van der Waals surface area contributed by atoms with Crippen molar-refractivity contribution < 1.29 is 29.6 Å². The van der Waals surface area contributed by atoms with E-state index in [9.17, 15) is 24.9 Å². The number of carbonyl (C=O) groups is 2. The highest BCUT2D eigenvalue weighted by molar-refractivity contribution is 7.09. The number of ether oxygens (including phenoxy) is 1. The summed E-state index contributed by atoms with van der Waals surface area (Å²) in [6, 6.07) is 1.95. The molecule has 0 aromatic carbocycles. The molecule has 11 heteroatoms. The van der Waals surface area contributed by atoms with Gasteiger partial charge in [0, 0.05) is 48.2 Å². The lowest BCUT2D eigenvalue weighted by molar-refractivity contribution is -0.154. The first kappa shape index (κ1) is 33.5. The predicted molar refractivity (Wildman–Crippen MR) is 165 cm³/mol. The third kappa shape index (κ3) is 7.62. The Bertz CT molecular complexity index is 1280. The van der Waals surface area contributed by atoms with E-state index in [4.69, 9.17) is 9.72 Å². The zero-order valence-corrected chi connectivity index (χ0v) is 27.1. The minimum atomic E-state index is -1.27. The fraction of sp³-hybridized carbons (Fsp3) is 0.688. The highest BCUT2D eigenvalue weighted by Gasteiger charge is 2.58. The van der Waals surface area contributed by atoms with E-state index in [-0.39, 0.29) is 36.3 Å². The van der Waals surface area contributed by atoms with Crippen LogP contribution >= 0.6 is 11.3 Å². The topological polar surface area (TPSA) is 138 Å². The van der Waals surface area contributed by atoms with Crippen molar-refractivity contribution in [1.82, 2.24) is 19.7 Å². The number of ketones is 1. The summed E-state index contributed by atoms with van der Waals surface area (Å²) < 4.78 is 7.87. The maximum absolute atomic E-state index is 13.4. The number of aliphatic hydroxyl groups is 3. The SMILES string of the molecule is C/C(=C\c1csc(Cn2cccn2)n1)[C@@H]1C[C@@H]2N(CCO)[C@]2(C)CCC[C@H](C)[C@H](O)[C@@H](C)C(=O)C(C)(C)[C@@H](O)CC(=O)O1. The number of aliphatic hydroxyl groups excluding tert-OH is 3. The molecule has 2 aromatic heterocycles. The van der Waals surface area contributed by atoms with Crippen molar-refractivity contribution >= 4 is 29.2 Å². The minimum absolute atomic E-state index is 0.0270. The smallest absolute Gasteiger partial charge is 0.309 e. The summed E-state index contributed by atoms with van der Waals surface area (Å²) in [7, 11) is 0. The van der Waals surface area contributed by atoms with E-state index in [0.29, 0.717) is 19.5 Å². The molecule has 0 saturated carbocycles. The van der Waals surface area contributed by atoms with Crippen LogP contribution in [-0.4, -0.2) is 89.8 Å². The summed E-state index contributed by atoms with van der Waals surface area (Å²) in [4.78, 5) is 33.7. The predicted octanol–water partition coefficient (Wildman–Crippen LogP) is 3.69. The molecule has 10 nitrogen and oxygen atoms in total. The number of nitrogens with zero attached hydrogens (tertiary/aromatic N) is 4. The van der Waals surface area contributed by atoms with Crippen LogP contribution in [0.1, 0.15) is 84.3 Å². The van der Waals surface area contributed by atoms with Gasteiger partial charge in [-0.1, -0.05) is 34.1 Å². The summed E-state index contributed by atoms with van der Waals surface area (Å²) in [6.07, 6.45) is 5.50. The van der Waals surface area contributed by atoms with E-state index in [1.807, 2.05) is 42.2 Å². The lowest BCUT2D eigenvalue weighted by atomic mass is 9.73. The van der Waals surface area contributed by atoms with Gasteiger partial charge in [0.15, 0.2) is 0 Å².